The number of alkyl halides is 1. The maximum absolute atomic E-state index is 16.5. The van der Waals surface area contributed by atoms with Gasteiger partial charge in [0.2, 0.25) is 0 Å². The summed E-state index contributed by atoms with van der Waals surface area (Å²) in [5.41, 5.74) is 1.91. The molecule has 4 aromatic rings. The number of hydrogen-bond donors (Lipinski definition) is 0. The number of halogens is 3. The SMILES string of the molecule is C.CCC(F)(c1[c-]c(-c2ccccn2)cc(Br)c1)c1cccc(-c2[c-]ccc(Br)c2)n1.[Pt+2]. The van der Waals surface area contributed by atoms with Gasteiger partial charge in [0.15, 0.2) is 5.67 Å². The summed E-state index contributed by atoms with van der Waals surface area (Å²) in [5, 5.41) is 0. The van der Waals surface area contributed by atoms with Gasteiger partial charge in [-0.05, 0) is 29.9 Å². The van der Waals surface area contributed by atoms with Crippen LogP contribution in [0.3, 0.4) is 0 Å². The average molecular weight is 735 g/mol. The molecule has 0 aliphatic rings. The summed E-state index contributed by atoms with van der Waals surface area (Å²) in [7, 11) is 0. The molecule has 2 aromatic carbocycles. The van der Waals surface area contributed by atoms with E-state index in [-0.39, 0.29) is 34.9 Å². The van der Waals surface area contributed by atoms with Gasteiger partial charge < -0.3 is 4.98 Å². The molecule has 0 amide bonds. The Bertz CT molecular complexity index is 1190. The minimum Gasteiger partial charge on any atom is -0.305 e. The molecule has 166 valence electrons. The van der Waals surface area contributed by atoms with E-state index in [1.165, 1.54) is 0 Å². The molecule has 0 N–H and O–H groups in total. The van der Waals surface area contributed by atoms with Crippen LogP contribution in [0.2, 0.25) is 0 Å². The topological polar surface area (TPSA) is 25.8 Å². The molecule has 0 aliphatic carbocycles. The van der Waals surface area contributed by atoms with Crippen LogP contribution < -0.4 is 0 Å². The largest absolute Gasteiger partial charge is 2.00 e. The number of benzene rings is 2. The Morgan fingerprint density at radius 3 is 2.38 bits per heavy atom. The molecule has 32 heavy (non-hydrogen) atoms. The fourth-order valence-corrected chi connectivity index (χ4v) is 4.13. The molecular formula is C26H21Br2FN2Pt. The monoisotopic (exact) mass is 733 g/mol. The van der Waals surface area contributed by atoms with Crippen LogP contribution in [0.25, 0.3) is 22.5 Å². The molecule has 0 bridgehead atoms. The minimum absolute atomic E-state index is 0. The summed E-state index contributed by atoms with van der Waals surface area (Å²) in [6, 6.07) is 26.7. The summed E-state index contributed by atoms with van der Waals surface area (Å²) in [6.45, 7) is 1.81. The van der Waals surface area contributed by atoms with E-state index in [1.54, 1.807) is 18.3 Å². The second-order valence-corrected chi connectivity index (χ2v) is 8.66. The fraction of sp³-hybridized carbons (Fsp3) is 0.154. The Hall–Kier alpha value is -1.68. The molecule has 6 heteroatoms. The first-order valence-corrected chi connectivity index (χ1v) is 11.1. The molecule has 1 unspecified atom stereocenters. The molecule has 2 nitrogen and oxygen atoms in total. The first-order valence-electron chi connectivity index (χ1n) is 9.48. The van der Waals surface area contributed by atoms with Crippen LogP contribution in [0, 0.1) is 12.1 Å². The molecule has 0 spiro atoms. The van der Waals surface area contributed by atoms with E-state index in [1.807, 2.05) is 61.5 Å². The third-order valence-corrected chi connectivity index (χ3v) is 5.83. The Labute approximate surface area is 220 Å². The fourth-order valence-electron chi connectivity index (χ4n) is 3.31. The third-order valence-electron chi connectivity index (χ3n) is 4.88. The molecule has 2 heterocycles. The van der Waals surface area contributed by atoms with Crippen molar-refractivity contribution in [2.75, 3.05) is 0 Å². The van der Waals surface area contributed by atoms with E-state index >= 15 is 4.39 Å². The number of rotatable bonds is 5. The predicted molar refractivity (Wildman–Crippen MR) is 131 cm³/mol. The van der Waals surface area contributed by atoms with Crippen LogP contribution in [-0.2, 0) is 26.7 Å². The summed E-state index contributed by atoms with van der Waals surface area (Å²) < 4.78 is 18.2. The van der Waals surface area contributed by atoms with Gasteiger partial charge in [0, 0.05) is 6.20 Å². The second-order valence-electron chi connectivity index (χ2n) is 6.82. The zero-order valence-electron chi connectivity index (χ0n) is 16.5. The van der Waals surface area contributed by atoms with E-state index in [0.29, 0.717) is 17.0 Å². The van der Waals surface area contributed by atoms with Crippen LogP contribution in [0.5, 0.6) is 0 Å². The van der Waals surface area contributed by atoms with Gasteiger partial charge in [0.1, 0.15) is 0 Å². The van der Waals surface area contributed by atoms with Crippen LogP contribution >= 0.6 is 31.9 Å². The summed E-state index contributed by atoms with van der Waals surface area (Å²) in [4.78, 5) is 9.03. The van der Waals surface area contributed by atoms with Gasteiger partial charge in [0.05, 0.1) is 5.69 Å². The Balaban J connectivity index is 0.00000181. The zero-order valence-corrected chi connectivity index (χ0v) is 21.9. The number of pyridine rings is 2. The second kappa shape index (κ2) is 11.4. The van der Waals surface area contributed by atoms with Gasteiger partial charge in [-0.15, -0.1) is 53.6 Å². The standard InChI is InChI=1S/C25H17Br2FN2.CH4.Pt/c1-2-25(28,19-13-18(15-21(27)16-19)22-9-3-4-12-29-22)24-11-6-10-23(30-24)17-7-5-8-20(26)14-17;;/h3-6,8-12,14-16H,2H2,1H3;1H4;/q-2;;+2. The maximum Gasteiger partial charge on any atom is 2.00 e. The molecule has 2 aromatic heterocycles. The average Bonchev–Trinajstić information content (AvgIpc) is 2.79. The van der Waals surface area contributed by atoms with Gasteiger partial charge in [-0.2, -0.15) is 0 Å². The van der Waals surface area contributed by atoms with Crippen molar-refractivity contribution in [3.63, 3.8) is 0 Å². The molecule has 0 aliphatic heterocycles. The Kier molecular flexibility index (Phi) is 9.51. The van der Waals surface area contributed by atoms with Gasteiger partial charge in [0.25, 0.3) is 0 Å². The van der Waals surface area contributed by atoms with E-state index in [2.05, 4.69) is 54.0 Å². The van der Waals surface area contributed by atoms with Crippen LogP contribution in [0.4, 0.5) is 4.39 Å². The number of nitrogens with zero attached hydrogens (tertiary/aromatic N) is 2. The van der Waals surface area contributed by atoms with Crippen molar-refractivity contribution in [1.29, 1.82) is 0 Å². The maximum atomic E-state index is 16.5. The van der Waals surface area contributed by atoms with Crippen molar-refractivity contribution in [3.05, 3.63) is 105 Å². The van der Waals surface area contributed by atoms with E-state index in [4.69, 9.17) is 0 Å². The van der Waals surface area contributed by atoms with Gasteiger partial charge >= 0.3 is 21.1 Å². The predicted octanol–water partition coefficient (Wildman–Crippen LogP) is 8.19. The molecule has 0 radical (unpaired) electrons. The summed E-state index contributed by atoms with van der Waals surface area (Å²) >= 11 is 6.99. The van der Waals surface area contributed by atoms with Crippen molar-refractivity contribution in [2.24, 2.45) is 0 Å². The summed E-state index contributed by atoms with van der Waals surface area (Å²) in [5.74, 6) is 0. The van der Waals surface area contributed by atoms with Crippen LogP contribution in [-0.4, -0.2) is 9.97 Å². The summed E-state index contributed by atoms with van der Waals surface area (Å²) in [6.07, 6.45) is 1.94. The minimum atomic E-state index is -1.80. The zero-order chi connectivity index (χ0) is 21.1. The van der Waals surface area contributed by atoms with Crippen molar-refractivity contribution >= 4 is 31.9 Å². The van der Waals surface area contributed by atoms with Gasteiger partial charge in [-0.3, -0.25) is 4.98 Å². The molecule has 1 atom stereocenters. The van der Waals surface area contributed by atoms with Crippen molar-refractivity contribution in [2.45, 2.75) is 26.4 Å². The number of aromatic nitrogens is 2. The van der Waals surface area contributed by atoms with Gasteiger partial charge in [-0.25, -0.2) is 4.39 Å². The van der Waals surface area contributed by atoms with Crippen molar-refractivity contribution in [1.82, 2.24) is 9.97 Å². The molecule has 0 saturated carbocycles. The van der Waals surface area contributed by atoms with Crippen LogP contribution in [0.15, 0.2) is 81.9 Å². The first-order chi connectivity index (χ1) is 14.5. The van der Waals surface area contributed by atoms with E-state index < -0.39 is 5.67 Å². The smallest absolute Gasteiger partial charge is 0.305 e. The number of hydrogen-bond acceptors (Lipinski definition) is 2. The normalized spacial score (nSPS) is 12.2. The van der Waals surface area contributed by atoms with Crippen LogP contribution in [0.1, 0.15) is 32.0 Å². The molecule has 4 rings (SSSR count). The van der Waals surface area contributed by atoms with Crippen molar-refractivity contribution < 1.29 is 25.5 Å². The molecular weight excluding hydrogens is 714 g/mol. The Morgan fingerprint density at radius 1 is 0.938 bits per heavy atom. The first kappa shape index (κ1) is 26.6. The quantitative estimate of drug-likeness (QED) is 0.193. The third kappa shape index (κ3) is 5.62. The van der Waals surface area contributed by atoms with Crippen molar-refractivity contribution in [3.8, 4) is 22.5 Å². The van der Waals surface area contributed by atoms with E-state index in [0.717, 1.165) is 25.8 Å². The molecule has 0 fully saturated rings. The van der Waals surface area contributed by atoms with Gasteiger partial charge in [-0.1, -0.05) is 85.0 Å². The van der Waals surface area contributed by atoms with E-state index in [9.17, 15) is 0 Å². The molecule has 0 saturated heterocycles. The Morgan fingerprint density at radius 2 is 1.69 bits per heavy atom.